The molecule has 1 fully saturated rings. The van der Waals surface area contributed by atoms with Crippen molar-refractivity contribution in [2.45, 2.75) is 25.4 Å². The van der Waals surface area contributed by atoms with Crippen molar-refractivity contribution < 1.29 is 4.79 Å². The van der Waals surface area contributed by atoms with Gasteiger partial charge in [0.2, 0.25) is 5.91 Å². The summed E-state index contributed by atoms with van der Waals surface area (Å²) in [5, 5.41) is 7.42. The molecule has 2 unspecified atom stereocenters. The highest BCUT2D eigenvalue weighted by atomic mass is 16.1. The zero-order valence-corrected chi connectivity index (χ0v) is 6.71. The largest absolute Gasteiger partial charge is 0.368 e. The van der Waals surface area contributed by atoms with Crippen molar-refractivity contribution in [3.8, 4) is 0 Å². The van der Waals surface area contributed by atoms with Crippen molar-refractivity contribution in [1.29, 1.82) is 0 Å². The number of carbonyl (C=O) groups is 1. The smallest absolute Gasteiger partial charge is 0.236 e. The number of carbonyl (C=O) groups excluding carboxylic acids is 1. The van der Waals surface area contributed by atoms with Crippen molar-refractivity contribution >= 4 is 5.91 Å². The van der Waals surface area contributed by atoms with Crippen molar-refractivity contribution in [2.75, 3.05) is 13.1 Å². The zero-order chi connectivity index (χ0) is 8.27. The Kier molecular flexibility index (Phi) is 2.84. The summed E-state index contributed by atoms with van der Waals surface area (Å²) in [6.45, 7) is 3.67. The van der Waals surface area contributed by atoms with Gasteiger partial charge < -0.3 is 11.1 Å². The van der Waals surface area contributed by atoms with E-state index in [-0.39, 0.29) is 18.0 Å². The lowest BCUT2D eigenvalue weighted by atomic mass is 10.2. The summed E-state index contributed by atoms with van der Waals surface area (Å²) in [6, 6.07) is -0.0741. The Labute approximate surface area is 66.5 Å². The second kappa shape index (κ2) is 3.69. The van der Waals surface area contributed by atoms with Gasteiger partial charge in [-0.2, -0.15) is 0 Å². The van der Waals surface area contributed by atoms with Crippen molar-refractivity contribution in [1.82, 2.24) is 10.6 Å². The van der Waals surface area contributed by atoms with Gasteiger partial charge in [-0.15, -0.1) is 0 Å². The molecule has 11 heavy (non-hydrogen) atoms. The molecule has 4 nitrogen and oxygen atoms in total. The molecule has 2 atom stereocenters. The van der Waals surface area contributed by atoms with Crippen LogP contribution in [-0.4, -0.2) is 31.1 Å². The van der Waals surface area contributed by atoms with Gasteiger partial charge in [0.15, 0.2) is 0 Å². The number of amides is 1. The van der Waals surface area contributed by atoms with Crippen LogP contribution in [0.15, 0.2) is 0 Å². The molecule has 0 saturated carbocycles. The molecule has 0 aromatic carbocycles. The van der Waals surface area contributed by atoms with E-state index in [2.05, 4.69) is 10.6 Å². The fourth-order valence-electron chi connectivity index (χ4n) is 1.20. The molecular formula is C7H14N3O. The second-order valence-corrected chi connectivity index (χ2v) is 2.91. The first kappa shape index (κ1) is 8.49. The van der Waals surface area contributed by atoms with Crippen LogP contribution in [0, 0.1) is 0 Å². The van der Waals surface area contributed by atoms with Crippen LogP contribution in [0.2, 0.25) is 0 Å². The van der Waals surface area contributed by atoms with Crippen LogP contribution in [-0.2, 0) is 4.79 Å². The maximum absolute atomic E-state index is 10.8. The summed E-state index contributed by atoms with van der Waals surface area (Å²) in [6.07, 6.45) is 0.736. The third kappa shape index (κ3) is 2.48. The third-order valence-electron chi connectivity index (χ3n) is 1.80. The monoisotopic (exact) mass is 156 g/mol. The van der Waals surface area contributed by atoms with Crippen LogP contribution in [0.3, 0.4) is 0 Å². The summed E-state index contributed by atoms with van der Waals surface area (Å²) in [4.78, 5) is 10.8. The Bertz CT molecular complexity index is 149. The third-order valence-corrected chi connectivity index (χ3v) is 1.80. The second-order valence-electron chi connectivity index (χ2n) is 2.91. The molecule has 1 radical (unpaired) electrons. The van der Waals surface area contributed by atoms with E-state index >= 15 is 0 Å². The molecule has 1 aliphatic rings. The first-order valence-corrected chi connectivity index (χ1v) is 3.90. The predicted octanol–water partition coefficient (Wildman–Crippen LogP) is -1.17. The van der Waals surface area contributed by atoms with Crippen molar-refractivity contribution in [3.05, 3.63) is 0 Å². The number of primary amides is 1. The zero-order valence-electron chi connectivity index (χ0n) is 6.71. The van der Waals surface area contributed by atoms with Gasteiger partial charge in [-0.1, -0.05) is 0 Å². The van der Waals surface area contributed by atoms with E-state index in [9.17, 15) is 4.79 Å². The lowest BCUT2D eigenvalue weighted by Gasteiger charge is -2.12. The van der Waals surface area contributed by atoms with Crippen molar-refractivity contribution in [2.24, 2.45) is 5.73 Å². The number of rotatable bonds is 1. The van der Waals surface area contributed by atoms with Gasteiger partial charge in [0.05, 0.1) is 0 Å². The lowest BCUT2D eigenvalue weighted by Crippen LogP contribution is -2.40. The van der Waals surface area contributed by atoms with Gasteiger partial charge in [-0.3, -0.25) is 4.79 Å². The molecule has 0 aromatic heterocycles. The molecule has 1 amide bonds. The Morgan fingerprint density at radius 3 is 3.09 bits per heavy atom. The maximum atomic E-state index is 10.8. The number of nitrogens with one attached hydrogen (secondary N) is 1. The highest BCUT2D eigenvalue weighted by molar-refractivity contribution is 5.79. The fraction of sp³-hybridized carbons (Fsp3) is 0.857. The number of hydrogen-bond acceptors (Lipinski definition) is 2. The first-order valence-electron chi connectivity index (χ1n) is 3.90. The van der Waals surface area contributed by atoms with E-state index in [0.717, 1.165) is 19.5 Å². The van der Waals surface area contributed by atoms with Crippen LogP contribution in [0.25, 0.3) is 0 Å². The number of hydrogen-bond donors (Lipinski definition) is 2. The van der Waals surface area contributed by atoms with E-state index < -0.39 is 0 Å². The Morgan fingerprint density at radius 2 is 2.45 bits per heavy atom. The molecule has 0 spiro atoms. The van der Waals surface area contributed by atoms with E-state index in [0.29, 0.717) is 0 Å². The SMILES string of the molecule is CC1CNCCC(C(N)=O)[N]1. The molecule has 0 bridgehead atoms. The van der Waals surface area contributed by atoms with Crippen LogP contribution in [0.4, 0.5) is 0 Å². The quantitative estimate of drug-likeness (QED) is 0.502. The van der Waals surface area contributed by atoms with Gasteiger partial charge in [-0.05, 0) is 19.9 Å². The average Bonchev–Trinajstić information content (AvgIpc) is 2.13. The van der Waals surface area contributed by atoms with Gasteiger partial charge in [-0.25, -0.2) is 5.32 Å². The summed E-state index contributed by atoms with van der Waals surface area (Å²) in [5.74, 6) is -0.305. The summed E-state index contributed by atoms with van der Waals surface area (Å²) < 4.78 is 0. The van der Waals surface area contributed by atoms with Gasteiger partial charge in [0.1, 0.15) is 6.04 Å². The van der Waals surface area contributed by atoms with E-state index in [1.54, 1.807) is 0 Å². The Morgan fingerprint density at radius 1 is 1.73 bits per heavy atom. The van der Waals surface area contributed by atoms with Crippen LogP contribution >= 0.6 is 0 Å². The van der Waals surface area contributed by atoms with E-state index in [4.69, 9.17) is 5.73 Å². The predicted molar refractivity (Wildman–Crippen MR) is 42.1 cm³/mol. The fourth-order valence-corrected chi connectivity index (χ4v) is 1.20. The highest BCUT2D eigenvalue weighted by Crippen LogP contribution is 1.98. The Balaban J connectivity index is 2.45. The van der Waals surface area contributed by atoms with Gasteiger partial charge in [0, 0.05) is 12.6 Å². The van der Waals surface area contributed by atoms with Crippen LogP contribution in [0.1, 0.15) is 13.3 Å². The highest BCUT2D eigenvalue weighted by Gasteiger charge is 2.21. The molecule has 63 valence electrons. The van der Waals surface area contributed by atoms with Gasteiger partial charge >= 0.3 is 0 Å². The minimum Gasteiger partial charge on any atom is -0.368 e. The maximum Gasteiger partial charge on any atom is 0.236 e. The summed E-state index contributed by atoms with van der Waals surface area (Å²) in [7, 11) is 0. The lowest BCUT2D eigenvalue weighted by molar-refractivity contribution is -0.120. The molecule has 1 saturated heterocycles. The molecule has 1 rings (SSSR count). The van der Waals surface area contributed by atoms with E-state index in [1.807, 2.05) is 6.92 Å². The van der Waals surface area contributed by atoms with E-state index in [1.165, 1.54) is 0 Å². The minimum atomic E-state index is -0.305. The number of nitrogens with zero attached hydrogens (tertiary/aromatic N) is 1. The molecular weight excluding hydrogens is 142 g/mol. The molecule has 4 heteroatoms. The van der Waals surface area contributed by atoms with Gasteiger partial charge in [0.25, 0.3) is 0 Å². The first-order chi connectivity index (χ1) is 5.20. The molecule has 1 heterocycles. The Hall–Kier alpha value is -0.610. The molecule has 0 aliphatic carbocycles. The standard InChI is InChI=1S/C7H14N3O/c1-5-4-9-3-2-6(10-5)7(8)11/h5-6,9H,2-4H2,1H3,(H2,8,11). The van der Waals surface area contributed by atoms with Crippen LogP contribution < -0.4 is 16.4 Å². The van der Waals surface area contributed by atoms with Crippen molar-refractivity contribution in [3.63, 3.8) is 0 Å². The molecule has 0 aromatic rings. The molecule has 1 aliphatic heterocycles. The normalized spacial score (nSPS) is 32.8. The van der Waals surface area contributed by atoms with Crippen LogP contribution in [0.5, 0.6) is 0 Å². The average molecular weight is 156 g/mol. The molecule has 3 N–H and O–H groups in total. The summed E-state index contributed by atoms with van der Waals surface area (Å²) >= 11 is 0. The number of nitrogens with two attached hydrogens (primary N) is 1. The topological polar surface area (TPSA) is 69.2 Å². The minimum absolute atomic E-state index is 0.204. The summed E-state index contributed by atoms with van der Waals surface area (Å²) in [5.41, 5.74) is 5.14.